The molecule has 0 aliphatic rings. The molecule has 5 N–H and O–H groups in total. The van der Waals surface area contributed by atoms with Gasteiger partial charge in [-0.1, -0.05) is 0 Å². The van der Waals surface area contributed by atoms with Crippen molar-refractivity contribution >= 4 is 5.97 Å². The molecule has 0 aliphatic heterocycles. The zero-order chi connectivity index (χ0) is 5.86. The van der Waals surface area contributed by atoms with Crippen molar-refractivity contribution in [2.45, 2.75) is 6.04 Å². The molecule has 5 nitrogen and oxygen atoms in total. The summed E-state index contributed by atoms with van der Waals surface area (Å²) in [5.74, 6) is -1.18. The van der Waals surface area contributed by atoms with Crippen LogP contribution in [-0.2, 0) is 4.79 Å². The van der Waals surface area contributed by atoms with Crippen molar-refractivity contribution in [2.75, 3.05) is 6.61 Å². The smallest absolute Gasteiger partial charge is 0.870 e. The zero-order valence-corrected chi connectivity index (χ0v) is 7.11. The van der Waals surface area contributed by atoms with E-state index in [0.717, 1.165) is 0 Å². The van der Waals surface area contributed by atoms with Gasteiger partial charge in [-0.3, -0.25) is 4.79 Å². The van der Waals surface area contributed by atoms with E-state index in [4.69, 9.17) is 15.9 Å². The molecule has 0 saturated heterocycles. The molecule has 9 heavy (non-hydrogen) atoms. The molecule has 0 spiro atoms. The van der Waals surface area contributed by atoms with Crippen LogP contribution in [0.1, 0.15) is 0 Å². The second kappa shape index (κ2) is 8.35. The van der Waals surface area contributed by atoms with Gasteiger partial charge >= 0.3 is 35.5 Å². The molecule has 0 saturated carbocycles. The van der Waals surface area contributed by atoms with Crippen LogP contribution in [0.5, 0.6) is 0 Å². The van der Waals surface area contributed by atoms with Gasteiger partial charge < -0.3 is 21.4 Å². The predicted octanol–water partition coefficient (Wildman–Crippen LogP) is -4.78. The van der Waals surface area contributed by atoms with Crippen LogP contribution >= 0.6 is 0 Å². The number of aliphatic hydroxyl groups is 1. The summed E-state index contributed by atoms with van der Waals surface area (Å²) in [6, 6.07) is -1.13. The fourth-order valence-electron chi connectivity index (χ4n) is 0.0781. The van der Waals surface area contributed by atoms with E-state index in [-0.39, 0.29) is 35.0 Å². The third kappa shape index (κ3) is 8.35. The number of carboxylic acid groups (broad SMARTS) is 1. The van der Waals surface area contributed by atoms with Gasteiger partial charge in [0.25, 0.3) is 0 Å². The van der Waals surface area contributed by atoms with Gasteiger partial charge in [-0.2, -0.15) is 0 Å². The summed E-state index contributed by atoms with van der Waals surface area (Å²) in [5.41, 5.74) is 4.77. The Kier molecular flexibility index (Phi) is 15.0. The molecule has 0 rings (SSSR count). The average Bonchev–Trinajstić information content (AvgIpc) is 1.65. The van der Waals surface area contributed by atoms with Gasteiger partial charge in [0.15, 0.2) is 0 Å². The van der Waals surface area contributed by atoms with Gasteiger partial charge in [0, 0.05) is 0 Å². The maximum absolute atomic E-state index is 9.65. The summed E-state index contributed by atoms with van der Waals surface area (Å²) < 4.78 is 0. The second-order valence-electron chi connectivity index (χ2n) is 1.13. The molecule has 0 aromatic carbocycles. The molecule has 0 aromatic rings. The van der Waals surface area contributed by atoms with Gasteiger partial charge in [-0.15, -0.1) is 0 Å². The number of nitrogens with two attached hydrogens (primary N) is 1. The van der Waals surface area contributed by atoms with Gasteiger partial charge in [-0.25, -0.2) is 0 Å². The van der Waals surface area contributed by atoms with Crippen LogP contribution in [0.4, 0.5) is 0 Å². The van der Waals surface area contributed by atoms with Crippen molar-refractivity contribution in [3.8, 4) is 0 Å². The maximum Gasteiger partial charge on any atom is 1.00 e. The molecule has 0 radical (unpaired) electrons. The third-order valence-electron chi connectivity index (χ3n) is 0.514. The van der Waals surface area contributed by atoms with Gasteiger partial charge in [0.05, 0.1) is 6.61 Å². The standard InChI is InChI=1S/C3H7NO3.Na.H2O/c4-2(1-5)3(6)7;;/h2,5H,1,4H2,(H,6,7);;1H2/q;+1;/p-1/t2-;;/m0../s1. The van der Waals surface area contributed by atoms with E-state index < -0.39 is 18.6 Å². The first-order valence-electron chi connectivity index (χ1n) is 1.77. The monoisotopic (exact) mass is 145 g/mol. The molecule has 1 atom stereocenters. The van der Waals surface area contributed by atoms with E-state index in [1.807, 2.05) is 0 Å². The minimum atomic E-state index is -1.18. The van der Waals surface area contributed by atoms with Crippen molar-refractivity contribution in [3.05, 3.63) is 0 Å². The molecular weight excluding hydrogens is 137 g/mol. The van der Waals surface area contributed by atoms with E-state index >= 15 is 0 Å². The van der Waals surface area contributed by atoms with E-state index in [1.165, 1.54) is 0 Å². The van der Waals surface area contributed by atoms with Crippen molar-refractivity contribution in [3.63, 3.8) is 0 Å². The molecule has 50 valence electrons. The Bertz CT molecular complexity index is 78.2. The van der Waals surface area contributed by atoms with Crippen LogP contribution in [-0.4, -0.2) is 34.3 Å². The first-order valence-corrected chi connectivity index (χ1v) is 1.77. The Balaban J connectivity index is -0.000000180. The minimum Gasteiger partial charge on any atom is -0.870 e. The average molecular weight is 145 g/mol. The Hall–Kier alpha value is 0.350. The number of aliphatic hydroxyl groups excluding tert-OH is 1. The van der Waals surface area contributed by atoms with Crippen LogP contribution in [0, 0.1) is 0 Å². The van der Waals surface area contributed by atoms with Crippen molar-refractivity contribution in [1.82, 2.24) is 0 Å². The predicted molar refractivity (Wildman–Crippen MR) is 24.6 cm³/mol. The zero-order valence-electron chi connectivity index (χ0n) is 5.11. The SMILES string of the molecule is N[C@@H](CO)C(=O)O.[Na+].[OH-]. The number of carbonyl (C=O) groups is 1. The molecule has 0 unspecified atom stereocenters. The number of hydrogen-bond acceptors (Lipinski definition) is 4. The Morgan fingerprint density at radius 3 is 2.00 bits per heavy atom. The fraction of sp³-hybridized carbons (Fsp3) is 0.667. The normalized spacial score (nSPS) is 10.4. The van der Waals surface area contributed by atoms with E-state index in [2.05, 4.69) is 0 Å². The first-order chi connectivity index (χ1) is 3.18. The number of hydrogen-bond donors (Lipinski definition) is 3. The molecule has 0 aliphatic carbocycles. The van der Waals surface area contributed by atoms with Crippen molar-refractivity contribution in [1.29, 1.82) is 0 Å². The minimum absolute atomic E-state index is 0. The largest absolute Gasteiger partial charge is 1.00 e. The first kappa shape index (κ1) is 16.2. The van der Waals surface area contributed by atoms with Gasteiger partial charge in [0.1, 0.15) is 6.04 Å². The van der Waals surface area contributed by atoms with Crippen LogP contribution in [0.25, 0.3) is 0 Å². The Morgan fingerprint density at radius 1 is 1.67 bits per heavy atom. The molecule has 0 amide bonds. The van der Waals surface area contributed by atoms with E-state index in [9.17, 15) is 4.79 Å². The van der Waals surface area contributed by atoms with Crippen LogP contribution in [0.15, 0.2) is 0 Å². The summed E-state index contributed by atoms with van der Waals surface area (Å²) in [7, 11) is 0. The van der Waals surface area contributed by atoms with Gasteiger partial charge in [-0.05, 0) is 0 Å². The summed E-state index contributed by atoms with van der Waals surface area (Å²) in [4.78, 5) is 9.65. The Morgan fingerprint density at radius 2 is 2.00 bits per heavy atom. The molecule has 0 aromatic heterocycles. The maximum atomic E-state index is 9.65. The molecule has 0 heterocycles. The van der Waals surface area contributed by atoms with Crippen molar-refractivity contribution in [2.24, 2.45) is 5.73 Å². The molecular formula is C3H8NNaO4. The van der Waals surface area contributed by atoms with Crippen LogP contribution in [0.2, 0.25) is 0 Å². The Labute approximate surface area is 74.5 Å². The fourth-order valence-corrected chi connectivity index (χ4v) is 0.0781. The molecule has 6 heteroatoms. The number of aliphatic carboxylic acids is 1. The van der Waals surface area contributed by atoms with E-state index in [1.54, 1.807) is 0 Å². The van der Waals surface area contributed by atoms with E-state index in [0.29, 0.717) is 0 Å². The summed E-state index contributed by atoms with van der Waals surface area (Å²) in [5, 5.41) is 15.9. The second-order valence-corrected chi connectivity index (χ2v) is 1.13. The summed E-state index contributed by atoms with van der Waals surface area (Å²) in [6.07, 6.45) is 0. The number of carboxylic acids is 1. The topological polar surface area (TPSA) is 114 Å². The van der Waals surface area contributed by atoms with Crippen LogP contribution < -0.4 is 35.3 Å². The summed E-state index contributed by atoms with van der Waals surface area (Å²) >= 11 is 0. The molecule has 0 fully saturated rings. The summed E-state index contributed by atoms with van der Waals surface area (Å²) in [6.45, 7) is -0.505. The molecule has 0 bridgehead atoms. The van der Waals surface area contributed by atoms with Crippen molar-refractivity contribution < 1.29 is 50.0 Å². The number of rotatable bonds is 2. The van der Waals surface area contributed by atoms with Crippen LogP contribution in [0.3, 0.4) is 0 Å². The quantitative estimate of drug-likeness (QED) is 0.337. The van der Waals surface area contributed by atoms with Gasteiger partial charge in [0.2, 0.25) is 0 Å². The third-order valence-corrected chi connectivity index (χ3v) is 0.514.